The van der Waals surface area contributed by atoms with Gasteiger partial charge in [0.15, 0.2) is 0 Å². The first-order valence-electron chi connectivity index (χ1n) is 5.99. The summed E-state index contributed by atoms with van der Waals surface area (Å²) in [6, 6.07) is 10.7. The van der Waals surface area contributed by atoms with Crippen LogP contribution < -0.4 is 10.5 Å². The van der Waals surface area contributed by atoms with Crippen LogP contribution in [0.25, 0.3) is 0 Å². The highest BCUT2D eigenvalue weighted by molar-refractivity contribution is 7.89. The fourth-order valence-corrected chi connectivity index (χ4v) is 2.94. The maximum Gasteiger partial charge on any atom is 0.242 e. The minimum absolute atomic E-state index is 0.109. The second-order valence-electron chi connectivity index (χ2n) is 4.43. The van der Waals surface area contributed by atoms with E-state index in [9.17, 15) is 12.8 Å². The highest BCUT2D eigenvalue weighted by Gasteiger charge is 2.17. The summed E-state index contributed by atoms with van der Waals surface area (Å²) >= 11 is 0. The largest absolute Gasteiger partial charge is 0.398 e. The number of aryl methyl sites for hydroxylation is 1. The van der Waals surface area contributed by atoms with Gasteiger partial charge >= 0.3 is 0 Å². The Morgan fingerprint density at radius 3 is 2.55 bits per heavy atom. The van der Waals surface area contributed by atoms with Crippen molar-refractivity contribution in [2.45, 2.75) is 18.4 Å². The highest BCUT2D eigenvalue weighted by atomic mass is 32.2. The lowest BCUT2D eigenvalue weighted by Gasteiger charge is -2.10. The van der Waals surface area contributed by atoms with Crippen LogP contribution in [-0.2, 0) is 16.6 Å². The normalized spacial score (nSPS) is 11.5. The van der Waals surface area contributed by atoms with E-state index in [0.717, 1.165) is 29.3 Å². The second-order valence-corrected chi connectivity index (χ2v) is 6.17. The van der Waals surface area contributed by atoms with E-state index in [1.807, 2.05) is 31.2 Å². The third-order valence-corrected chi connectivity index (χ3v) is 4.45. The first-order valence-corrected chi connectivity index (χ1v) is 7.47. The number of hydrogen-bond donors (Lipinski definition) is 2. The van der Waals surface area contributed by atoms with Crippen LogP contribution in [0.3, 0.4) is 0 Å². The molecule has 0 atom stereocenters. The zero-order chi connectivity index (χ0) is 14.8. The topological polar surface area (TPSA) is 72.2 Å². The molecule has 0 radical (unpaired) electrons. The Bertz CT molecular complexity index is 730. The Labute approximate surface area is 117 Å². The zero-order valence-corrected chi connectivity index (χ0v) is 11.7. The number of hydrogen-bond acceptors (Lipinski definition) is 3. The maximum atomic E-state index is 12.9. The van der Waals surface area contributed by atoms with Gasteiger partial charge in [-0.3, -0.25) is 0 Å². The van der Waals surface area contributed by atoms with E-state index in [2.05, 4.69) is 4.72 Å². The van der Waals surface area contributed by atoms with Crippen molar-refractivity contribution in [3.05, 3.63) is 59.4 Å². The van der Waals surface area contributed by atoms with Crippen LogP contribution in [0.5, 0.6) is 0 Å². The minimum atomic E-state index is -3.76. The summed E-state index contributed by atoms with van der Waals surface area (Å²) < 4.78 is 39.7. The molecule has 0 aliphatic carbocycles. The molecule has 0 amide bonds. The average Bonchev–Trinajstić information content (AvgIpc) is 2.37. The van der Waals surface area contributed by atoms with E-state index >= 15 is 0 Å². The minimum Gasteiger partial charge on any atom is -0.398 e. The molecule has 0 unspecified atom stereocenters. The summed E-state index contributed by atoms with van der Waals surface area (Å²) in [5.74, 6) is -0.569. The van der Waals surface area contributed by atoms with Gasteiger partial charge in [0.05, 0.1) is 5.69 Å². The summed E-state index contributed by atoms with van der Waals surface area (Å²) in [6.07, 6.45) is 0. The van der Waals surface area contributed by atoms with Crippen molar-refractivity contribution in [1.82, 2.24) is 4.72 Å². The van der Waals surface area contributed by atoms with Gasteiger partial charge in [-0.15, -0.1) is 0 Å². The number of sulfonamides is 1. The highest BCUT2D eigenvalue weighted by Crippen LogP contribution is 2.19. The first-order chi connectivity index (χ1) is 9.40. The molecule has 3 N–H and O–H groups in total. The summed E-state index contributed by atoms with van der Waals surface area (Å²) in [5.41, 5.74) is 7.30. The van der Waals surface area contributed by atoms with Crippen molar-refractivity contribution in [2.75, 3.05) is 5.73 Å². The van der Waals surface area contributed by atoms with Gasteiger partial charge in [-0.2, -0.15) is 0 Å². The molecule has 0 bridgehead atoms. The Morgan fingerprint density at radius 1 is 1.20 bits per heavy atom. The average molecular weight is 294 g/mol. The van der Waals surface area contributed by atoms with Crippen molar-refractivity contribution in [1.29, 1.82) is 0 Å². The molecule has 2 aromatic carbocycles. The molecule has 0 aromatic heterocycles. The predicted molar refractivity (Wildman–Crippen MR) is 76.0 cm³/mol. The van der Waals surface area contributed by atoms with E-state index in [4.69, 9.17) is 5.73 Å². The van der Waals surface area contributed by atoms with Crippen LogP contribution >= 0.6 is 0 Å². The number of rotatable bonds is 4. The van der Waals surface area contributed by atoms with E-state index in [-0.39, 0.29) is 17.1 Å². The van der Waals surface area contributed by atoms with Crippen LogP contribution in [0.15, 0.2) is 47.4 Å². The molecule has 4 nitrogen and oxygen atoms in total. The molecule has 106 valence electrons. The zero-order valence-electron chi connectivity index (χ0n) is 10.9. The van der Waals surface area contributed by atoms with Crippen molar-refractivity contribution < 1.29 is 12.8 Å². The molecule has 0 fully saturated rings. The number of nitrogen functional groups attached to an aromatic ring is 1. The van der Waals surface area contributed by atoms with Crippen LogP contribution in [0.4, 0.5) is 10.1 Å². The van der Waals surface area contributed by atoms with Gasteiger partial charge < -0.3 is 5.73 Å². The van der Waals surface area contributed by atoms with E-state index in [1.165, 1.54) is 0 Å². The van der Waals surface area contributed by atoms with E-state index in [0.29, 0.717) is 0 Å². The summed E-state index contributed by atoms with van der Waals surface area (Å²) in [6.45, 7) is 2.06. The molecular weight excluding hydrogens is 279 g/mol. The maximum absolute atomic E-state index is 12.9. The van der Waals surface area contributed by atoms with Crippen LogP contribution in [0, 0.1) is 12.7 Å². The van der Waals surface area contributed by atoms with Gasteiger partial charge in [-0.1, -0.05) is 24.3 Å². The van der Waals surface area contributed by atoms with Gasteiger partial charge in [0.2, 0.25) is 10.0 Å². The lowest BCUT2D eigenvalue weighted by Crippen LogP contribution is -2.24. The van der Waals surface area contributed by atoms with Crippen molar-refractivity contribution in [3.8, 4) is 0 Å². The molecular formula is C14H15FN2O2S. The Kier molecular flexibility index (Phi) is 4.06. The molecule has 0 aliphatic rings. The molecule has 0 saturated heterocycles. The number of halogens is 1. The van der Waals surface area contributed by atoms with Crippen molar-refractivity contribution >= 4 is 15.7 Å². The van der Waals surface area contributed by atoms with Gasteiger partial charge in [0, 0.05) is 6.54 Å². The van der Waals surface area contributed by atoms with Crippen LogP contribution in [0.2, 0.25) is 0 Å². The lowest BCUT2D eigenvalue weighted by molar-refractivity contribution is 0.581. The molecule has 0 heterocycles. The SMILES string of the molecule is Cc1ccccc1CNS(=O)(=O)c1ccc(F)cc1N. The molecule has 0 spiro atoms. The lowest BCUT2D eigenvalue weighted by atomic mass is 10.1. The van der Waals surface area contributed by atoms with Gasteiger partial charge in [0.25, 0.3) is 0 Å². The number of benzene rings is 2. The third kappa shape index (κ3) is 3.15. The van der Waals surface area contributed by atoms with Crippen molar-refractivity contribution in [2.24, 2.45) is 0 Å². The predicted octanol–water partition coefficient (Wildman–Crippen LogP) is 2.19. The van der Waals surface area contributed by atoms with Crippen LogP contribution in [0.1, 0.15) is 11.1 Å². The fourth-order valence-electron chi connectivity index (χ4n) is 1.82. The summed E-state index contributed by atoms with van der Waals surface area (Å²) in [7, 11) is -3.76. The number of anilines is 1. The molecule has 2 aromatic rings. The molecule has 20 heavy (non-hydrogen) atoms. The molecule has 0 aliphatic heterocycles. The quantitative estimate of drug-likeness (QED) is 0.849. The van der Waals surface area contributed by atoms with E-state index in [1.54, 1.807) is 0 Å². The van der Waals surface area contributed by atoms with Gasteiger partial charge in [-0.25, -0.2) is 17.5 Å². The van der Waals surface area contributed by atoms with Crippen molar-refractivity contribution in [3.63, 3.8) is 0 Å². The second kappa shape index (κ2) is 5.60. The van der Waals surface area contributed by atoms with Crippen LogP contribution in [-0.4, -0.2) is 8.42 Å². The fraction of sp³-hybridized carbons (Fsp3) is 0.143. The van der Waals surface area contributed by atoms with Gasteiger partial charge in [0.1, 0.15) is 10.7 Å². The van der Waals surface area contributed by atoms with Gasteiger partial charge in [-0.05, 0) is 36.2 Å². The molecule has 6 heteroatoms. The Balaban J connectivity index is 2.22. The summed E-state index contributed by atoms with van der Waals surface area (Å²) in [5, 5.41) is 0. The number of nitrogens with one attached hydrogen (secondary N) is 1. The number of nitrogens with two attached hydrogens (primary N) is 1. The molecule has 2 rings (SSSR count). The third-order valence-electron chi connectivity index (χ3n) is 2.98. The summed E-state index contributed by atoms with van der Waals surface area (Å²) in [4.78, 5) is -0.118. The first kappa shape index (κ1) is 14.5. The smallest absolute Gasteiger partial charge is 0.242 e. The monoisotopic (exact) mass is 294 g/mol. The Hall–Kier alpha value is -1.92. The van der Waals surface area contributed by atoms with E-state index < -0.39 is 15.8 Å². The standard InChI is InChI=1S/C14H15FN2O2S/c1-10-4-2-3-5-11(10)9-17-20(18,19)14-7-6-12(15)8-13(14)16/h2-8,17H,9,16H2,1H3. The molecule has 0 saturated carbocycles. The Morgan fingerprint density at radius 2 is 1.90 bits per heavy atom.